The second kappa shape index (κ2) is 9.19. The molecule has 0 amide bonds. The van der Waals surface area contributed by atoms with Gasteiger partial charge >= 0.3 is 5.97 Å². The van der Waals surface area contributed by atoms with Gasteiger partial charge in [0.15, 0.2) is 5.78 Å². The van der Waals surface area contributed by atoms with E-state index in [0.717, 1.165) is 22.4 Å². The summed E-state index contributed by atoms with van der Waals surface area (Å²) in [6.45, 7) is 6.21. The summed E-state index contributed by atoms with van der Waals surface area (Å²) in [6, 6.07) is 11.0. The fourth-order valence-electron chi connectivity index (χ4n) is 2.78. The zero-order chi connectivity index (χ0) is 20.0. The maximum atomic E-state index is 12.2. The quantitative estimate of drug-likeness (QED) is 0.252. The Bertz CT molecular complexity index is 831. The van der Waals surface area contributed by atoms with Gasteiger partial charge in [-0.1, -0.05) is 12.1 Å². The molecule has 0 aliphatic rings. The lowest BCUT2D eigenvalue weighted by Crippen LogP contribution is -2.26. The Morgan fingerprint density at radius 3 is 2.48 bits per heavy atom. The summed E-state index contributed by atoms with van der Waals surface area (Å²) < 4.78 is 10.8. The lowest BCUT2D eigenvalue weighted by molar-refractivity contribution is -0.141. The third-order valence-corrected chi connectivity index (χ3v) is 4.24. The topological polar surface area (TPSA) is 81.9 Å². The van der Waals surface area contributed by atoms with Crippen molar-refractivity contribution in [3.05, 3.63) is 58.7 Å². The SMILES string of the molecule is CCOC(=O)CC(=O)c1ccc(OCc2c(C)cccc2N(C)N)c(C)c1. The van der Waals surface area contributed by atoms with Crippen LogP contribution in [0.1, 0.15) is 40.4 Å². The molecule has 2 N–H and O–H groups in total. The Kier molecular flexibility index (Phi) is 6.96. The van der Waals surface area contributed by atoms with Crippen molar-refractivity contribution < 1.29 is 19.1 Å². The first-order chi connectivity index (χ1) is 12.8. The molecule has 2 rings (SSSR count). The molecule has 144 valence electrons. The first-order valence-corrected chi connectivity index (χ1v) is 8.82. The lowest BCUT2D eigenvalue weighted by Gasteiger charge is -2.19. The maximum absolute atomic E-state index is 12.2. The van der Waals surface area contributed by atoms with Crippen LogP contribution in [0.4, 0.5) is 5.69 Å². The predicted octanol–water partition coefficient (Wildman–Crippen LogP) is 3.33. The number of hydrogen-bond donors (Lipinski definition) is 1. The maximum Gasteiger partial charge on any atom is 0.313 e. The summed E-state index contributed by atoms with van der Waals surface area (Å²) in [4.78, 5) is 23.7. The van der Waals surface area contributed by atoms with Gasteiger partial charge in [-0.3, -0.25) is 9.59 Å². The van der Waals surface area contributed by atoms with Crippen LogP contribution in [0.5, 0.6) is 5.75 Å². The fraction of sp³-hybridized carbons (Fsp3) is 0.333. The Morgan fingerprint density at radius 1 is 1.11 bits per heavy atom. The van der Waals surface area contributed by atoms with E-state index in [-0.39, 0.29) is 18.8 Å². The van der Waals surface area contributed by atoms with Crippen molar-refractivity contribution in [1.82, 2.24) is 0 Å². The van der Waals surface area contributed by atoms with Gasteiger partial charge < -0.3 is 14.5 Å². The summed E-state index contributed by atoms with van der Waals surface area (Å²) in [5, 5.41) is 1.57. The second-order valence-electron chi connectivity index (χ2n) is 6.36. The Labute approximate surface area is 159 Å². The standard InChI is InChI=1S/C21H26N2O4/c1-5-26-21(25)12-19(24)16-9-10-20(15(3)11-16)27-13-17-14(2)7-6-8-18(17)23(4)22/h6-11H,5,12-13,22H2,1-4H3. The number of Topliss-reactive ketones (excluding diaryl/α,β-unsaturated/α-hetero) is 1. The Morgan fingerprint density at radius 2 is 1.85 bits per heavy atom. The fourth-order valence-corrected chi connectivity index (χ4v) is 2.78. The number of carbonyl (C=O) groups excluding carboxylic acids is 2. The molecule has 0 radical (unpaired) electrons. The van der Waals surface area contributed by atoms with E-state index in [0.29, 0.717) is 17.9 Å². The number of aryl methyl sites for hydroxylation is 2. The van der Waals surface area contributed by atoms with E-state index in [1.54, 1.807) is 37.2 Å². The summed E-state index contributed by atoms with van der Waals surface area (Å²) in [5.41, 5.74) is 4.27. The van der Waals surface area contributed by atoms with Gasteiger partial charge in [0.2, 0.25) is 0 Å². The van der Waals surface area contributed by atoms with E-state index in [2.05, 4.69) is 0 Å². The number of hydrogen-bond acceptors (Lipinski definition) is 6. The molecule has 0 fully saturated rings. The van der Waals surface area contributed by atoms with E-state index in [9.17, 15) is 9.59 Å². The molecule has 6 nitrogen and oxygen atoms in total. The number of anilines is 1. The smallest absolute Gasteiger partial charge is 0.313 e. The summed E-state index contributed by atoms with van der Waals surface area (Å²) >= 11 is 0. The van der Waals surface area contributed by atoms with Gasteiger partial charge in [0.25, 0.3) is 0 Å². The van der Waals surface area contributed by atoms with Crippen molar-refractivity contribution in [2.75, 3.05) is 18.7 Å². The van der Waals surface area contributed by atoms with E-state index in [1.165, 1.54) is 0 Å². The molecular formula is C21H26N2O4. The zero-order valence-electron chi connectivity index (χ0n) is 16.2. The van der Waals surface area contributed by atoms with E-state index in [1.807, 2.05) is 32.0 Å². The van der Waals surface area contributed by atoms with Crippen LogP contribution in [0.2, 0.25) is 0 Å². The molecule has 0 aromatic heterocycles. The zero-order valence-corrected chi connectivity index (χ0v) is 16.2. The van der Waals surface area contributed by atoms with E-state index < -0.39 is 5.97 Å². The first kappa shape index (κ1) is 20.5. The van der Waals surface area contributed by atoms with Crippen LogP contribution < -0.4 is 15.6 Å². The van der Waals surface area contributed by atoms with Gasteiger partial charge in [0, 0.05) is 18.2 Å². The molecule has 0 saturated heterocycles. The number of nitrogens with zero attached hydrogens (tertiary/aromatic N) is 1. The monoisotopic (exact) mass is 370 g/mol. The highest BCUT2D eigenvalue weighted by Crippen LogP contribution is 2.26. The number of esters is 1. The number of ether oxygens (including phenoxy) is 2. The summed E-state index contributed by atoms with van der Waals surface area (Å²) in [6.07, 6.45) is -0.261. The third kappa shape index (κ3) is 5.31. The van der Waals surface area contributed by atoms with Crippen molar-refractivity contribution in [1.29, 1.82) is 0 Å². The molecule has 0 atom stereocenters. The van der Waals surface area contributed by atoms with Crippen LogP contribution in [-0.4, -0.2) is 25.4 Å². The molecule has 2 aromatic carbocycles. The van der Waals surface area contributed by atoms with Gasteiger partial charge in [0.1, 0.15) is 18.8 Å². The second-order valence-corrected chi connectivity index (χ2v) is 6.36. The normalized spacial score (nSPS) is 10.4. The van der Waals surface area contributed by atoms with Gasteiger partial charge in [-0.05, 0) is 56.2 Å². The molecule has 0 spiro atoms. The molecule has 0 aliphatic carbocycles. The van der Waals surface area contributed by atoms with Crippen LogP contribution in [0.15, 0.2) is 36.4 Å². The lowest BCUT2D eigenvalue weighted by atomic mass is 10.0. The molecule has 0 unspecified atom stereocenters. The van der Waals surface area contributed by atoms with Gasteiger partial charge in [0.05, 0.1) is 12.3 Å². The summed E-state index contributed by atoms with van der Waals surface area (Å²) in [5.74, 6) is 5.79. The minimum absolute atomic E-state index is 0.261. The summed E-state index contributed by atoms with van der Waals surface area (Å²) in [7, 11) is 1.79. The number of hydrazine groups is 1. The molecule has 27 heavy (non-hydrogen) atoms. The van der Waals surface area contributed by atoms with Gasteiger partial charge in [-0.25, -0.2) is 5.84 Å². The van der Waals surface area contributed by atoms with Crippen molar-refractivity contribution in [2.45, 2.75) is 33.8 Å². The minimum Gasteiger partial charge on any atom is -0.489 e. The molecule has 0 saturated carbocycles. The third-order valence-electron chi connectivity index (χ3n) is 4.24. The van der Waals surface area contributed by atoms with Crippen molar-refractivity contribution in [3.63, 3.8) is 0 Å². The van der Waals surface area contributed by atoms with Gasteiger partial charge in [-0.2, -0.15) is 0 Å². The van der Waals surface area contributed by atoms with Crippen LogP contribution in [0.3, 0.4) is 0 Å². The first-order valence-electron chi connectivity index (χ1n) is 8.82. The number of ketones is 1. The minimum atomic E-state index is -0.515. The highest BCUT2D eigenvalue weighted by molar-refractivity contribution is 6.06. The largest absolute Gasteiger partial charge is 0.489 e. The Balaban J connectivity index is 2.11. The number of benzene rings is 2. The molecule has 0 heterocycles. The van der Waals surface area contributed by atoms with Crippen molar-refractivity contribution in [3.8, 4) is 5.75 Å². The van der Waals surface area contributed by atoms with Crippen molar-refractivity contribution in [2.24, 2.45) is 5.84 Å². The average molecular weight is 370 g/mol. The Hall–Kier alpha value is -2.86. The molecular weight excluding hydrogens is 344 g/mol. The molecule has 0 bridgehead atoms. The van der Waals surface area contributed by atoms with Crippen LogP contribution >= 0.6 is 0 Å². The predicted molar refractivity (Wildman–Crippen MR) is 105 cm³/mol. The number of nitrogens with two attached hydrogens (primary N) is 1. The number of carbonyl (C=O) groups is 2. The molecule has 0 aliphatic heterocycles. The highest BCUT2D eigenvalue weighted by Gasteiger charge is 2.15. The van der Waals surface area contributed by atoms with Crippen LogP contribution in [0, 0.1) is 13.8 Å². The van der Waals surface area contributed by atoms with Crippen LogP contribution in [-0.2, 0) is 16.1 Å². The average Bonchev–Trinajstić information content (AvgIpc) is 2.61. The van der Waals surface area contributed by atoms with Crippen molar-refractivity contribution >= 4 is 17.4 Å². The van der Waals surface area contributed by atoms with E-state index in [4.69, 9.17) is 15.3 Å². The van der Waals surface area contributed by atoms with Crippen LogP contribution in [0.25, 0.3) is 0 Å². The highest BCUT2D eigenvalue weighted by atomic mass is 16.5. The van der Waals surface area contributed by atoms with E-state index >= 15 is 0 Å². The molecule has 6 heteroatoms. The number of rotatable bonds is 8. The van der Waals surface area contributed by atoms with Gasteiger partial charge in [-0.15, -0.1) is 0 Å². The molecule has 2 aromatic rings.